The molecule has 8 nitrogen and oxygen atoms in total. The van der Waals surface area contributed by atoms with Crippen LogP contribution in [0.25, 0.3) is 22.4 Å². The first-order valence-electron chi connectivity index (χ1n) is 8.78. The Morgan fingerprint density at radius 3 is 2.61 bits per heavy atom. The van der Waals surface area contributed by atoms with Crippen molar-refractivity contribution < 1.29 is 24.5 Å². The zero-order valence-electron chi connectivity index (χ0n) is 15.8. The second-order valence-electron chi connectivity index (χ2n) is 7.25. The molecule has 0 saturated carbocycles. The number of fused-ring (bicyclic) bond motifs is 1. The molecule has 28 heavy (non-hydrogen) atoms. The van der Waals surface area contributed by atoms with Crippen molar-refractivity contribution in [2.45, 2.75) is 19.4 Å². The molecule has 1 aromatic heterocycles. The Morgan fingerprint density at radius 1 is 1.32 bits per heavy atom. The fourth-order valence-electron chi connectivity index (χ4n) is 3.67. The zero-order chi connectivity index (χ0) is 20.2. The Bertz CT molecular complexity index is 1110. The van der Waals surface area contributed by atoms with Gasteiger partial charge in [-0.15, -0.1) is 0 Å². The van der Waals surface area contributed by atoms with Crippen molar-refractivity contribution in [1.82, 2.24) is 9.55 Å². The standard InChI is InChI=1S/C20H21N3O5/c1-10-12(7-14(27-3)17(25)16(10)24)19-22-15-11(18(21)26)5-4-6-13(15)23(19)20(2)8-28-9-20/h4-7,24-25H,8-9H2,1-3H3,(H2,21,26). The Morgan fingerprint density at radius 2 is 2.04 bits per heavy atom. The van der Waals surface area contributed by atoms with Gasteiger partial charge >= 0.3 is 0 Å². The van der Waals surface area contributed by atoms with E-state index in [1.165, 1.54) is 7.11 Å². The highest BCUT2D eigenvalue weighted by atomic mass is 16.5. The summed E-state index contributed by atoms with van der Waals surface area (Å²) in [4.78, 5) is 16.6. The minimum Gasteiger partial charge on any atom is -0.504 e. The summed E-state index contributed by atoms with van der Waals surface area (Å²) in [6.07, 6.45) is 0. The molecule has 1 aliphatic rings. The first-order chi connectivity index (χ1) is 13.3. The van der Waals surface area contributed by atoms with Crippen LogP contribution < -0.4 is 10.5 Å². The van der Waals surface area contributed by atoms with Gasteiger partial charge < -0.3 is 30.0 Å². The number of para-hydroxylation sites is 1. The van der Waals surface area contributed by atoms with E-state index in [1.54, 1.807) is 25.1 Å². The van der Waals surface area contributed by atoms with Gasteiger partial charge in [-0.1, -0.05) is 6.07 Å². The van der Waals surface area contributed by atoms with Crippen LogP contribution >= 0.6 is 0 Å². The number of primary amides is 1. The molecule has 2 heterocycles. The lowest BCUT2D eigenvalue weighted by molar-refractivity contribution is -0.0868. The predicted molar refractivity (Wildman–Crippen MR) is 103 cm³/mol. The Kier molecular flexibility index (Phi) is 3.97. The largest absolute Gasteiger partial charge is 0.504 e. The number of phenolic OH excluding ortho intramolecular Hbond substituents is 2. The van der Waals surface area contributed by atoms with Crippen molar-refractivity contribution in [3.05, 3.63) is 35.4 Å². The van der Waals surface area contributed by atoms with Crippen molar-refractivity contribution in [3.8, 4) is 28.6 Å². The van der Waals surface area contributed by atoms with Gasteiger partial charge in [0.25, 0.3) is 5.91 Å². The first kappa shape index (κ1) is 18.1. The summed E-state index contributed by atoms with van der Waals surface area (Å²) >= 11 is 0. The van der Waals surface area contributed by atoms with Crippen LogP contribution in [0.3, 0.4) is 0 Å². The molecule has 4 rings (SSSR count). The van der Waals surface area contributed by atoms with Crippen LogP contribution in [0, 0.1) is 6.92 Å². The lowest BCUT2D eigenvalue weighted by Gasteiger charge is -2.41. The number of nitrogens with two attached hydrogens (primary N) is 1. The minimum absolute atomic E-state index is 0.127. The molecule has 1 amide bonds. The number of hydrogen-bond acceptors (Lipinski definition) is 6. The zero-order valence-corrected chi connectivity index (χ0v) is 15.8. The molecule has 0 unspecified atom stereocenters. The number of amides is 1. The topological polar surface area (TPSA) is 120 Å². The van der Waals surface area contributed by atoms with E-state index < -0.39 is 5.91 Å². The average molecular weight is 383 g/mol. The van der Waals surface area contributed by atoms with Gasteiger partial charge in [0.1, 0.15) is 11.3 Å². The fourth-order valence-corrected chi connectivity index (χ4v) is 3.67. The summed E-state index contributed by atoms with van der Waals surface area (Å²) in [5, 5.41) is 20.5. The molecule has 0 atom stereocenters. The molecular weight excluding hydrogens is 362 g/mol. The number of hydrogen-bond donors (Lipinski definition) is 3. The van der Waals surface area contributed by atoms with Crippen LogP contribution in [0.4, 0.5) is 0 Å². The number of ether oxygens (including phenoxy) is 2. The number of nitrogens with zero attached hydrogens (tertiary/aromatic N) is 2. The van der Waals surface area contributed by atoms with Gasteiger partial charge in [-0.3, -0.25) is 4.79 Å². The lowest BCUT2D eigenvalue weighted by Crippen LogP contribution is -2.49. The number of methoxy groups -OCH3 is 1. The average Bonchev–Trinajstić information content (AvgIpc) is 3.04. The third-order valence-corrected chi connectivity index (χ3v) is 5.27. The number of rotatable bonds is 4. The third kappa shape index (κ3) is 2.41. The third-order valence-electron chi connectivity index (χ3n) is 5.27. The first-order valence-corrected chi connectivity index (χ1v) is 8.78. The maximum absolute atomic E-state index is 11.9. The molecule has 3 aromatic rings. The molecule has 8 heteroatoms. The van der Waals surface area contributed by atoms with Crippen molar-refractivity contribution >= 4 is 16.9 Å². The molecule has 146 valence electrons. The van der Waals surface area contributed by atoms with Crippen molar-refractivity contribution in [2.75, 3.05) is 20.3 Å². The lowest BCUT2D eigenvalue weighted by atomic mass is 9.97. The van der Waals surface area contributed by atoms with Crippen LogP contribution in [0.5, 0.6) is 17.2 Å². The van der Waals surface area contributed by atoms with Gasteiger partial charge in [0, 0.05) is 11.1 Å². The summed E-state index contributed by atoms with van der Waals surface area (Å²) in [5.74, 6) is -0.525. The highest BCUT2D eigenvalue weighted by molar-refractivity contribution is 6.05. The molecular formula is C20H21N3O5. The summed E-state index contributed by atoms with van der Waals surface area (Å²) in [7, 11) is 1.41. The van der Waals surface area contributed by atoms with Crippen LogP contribution in [-0.4, -0.2) is 46.0 Å². The van der Waals surface area contributed by atoms with E-state index in [1.807, 2.05) is 17.6 Å². The van der Waals surface area contributed by atoms with Gasteiger partial charge in [-0.05, 0) is 32.0 Å². The smallest absolute Gasteiger partial charge is 0.250 e. The fraction of sp³-hybridized carbons (Fsp3) is 0.300. The van der Waals surface area contributed by atoms with E-state index in [2.05, 4.69) is 0 Å². The van der Waals surface area contributed by atoms with Crippen LogP contribution in [0.1, 0.15) is 22.8 Å². The van der Waals surface area contributed by atoms with Crippen molar-refractivity contribution in [1.29, 1.82) is 0 Å². The molecule has 2 aromatic carbocycles. The molecule has 4 N–H and O–H groups in total. The molecule has 0 bridgehead atoms. The summed E-state index contributed by atoms with van der Waals surface area (Å²) in [6.45, 7) is 4.67. The highest BCUT2D eigenvalue weighted by Crippen LogP contribution is 2.45. The van der Waals surface area contributed by atoms with E-state index in [0.717, 1.165) is 5.52 Å². The van der Waals surface area contributed by atoms with Gasteiger partial charge in [0.05, 0.1) is 36.9 Å². The number of carbonyl (C=O) groups is 1. The SMILES string of the molecule is COc1cc(-c2nc3c(C(N)=O)cccc3n2C2(C)COC2)c(C)c(O)c1O. The highest BCUT2D eigenvalue weighted by Gasteiger charge is 2.39. The molecule has 1 saturated heterocycles. The van der Waals surface area contributed by atoms with Crippen molar-refractivity contribution in [3.63, 3.8) is 0 Å². The van der Waals surface area contributed by atoms with Crippen LogP contribution in [0.15, 0.2) is 24.3 Å². The van der Waals surface area contributed by atoms with E-state index in [-0.39, 0.29) is 22.8 Å². The van der Waals surface area contributed by atoms with Gasteiger partial charge in [-0.25, -0.2) is 4.98 Å². The van der Waals surface area contributed by atoms with Crippen LogP contribution in [0.2, 0.25) is 0 Å². The number of phenols is 2. The molecule has 0 aliphatic carbocycles. The number of imidazole rings is 1. The number of aromatic hydroxyl groups is 2. The normalized spacial score (nSPS) is 15.4. The predicted octanol–water partition coefficient (Wildman–Crippen LogP) is 2.28. The van der Waals surface area contributed by atoms with Gasteiger partial charge in [0.2, 0.25) is 5.75 Å². The Hall–Kier alpha value is -3.26. The van der Waals surface area contributed by atoms with E-state index >= 15 is 0 Å². The second kappa shape index (κ2) is 6.13. The Balaban J connectivity index is 2.11. The number of carbonyl (C=O) groups excluding carboxylic acids is 1. The van der Waals surface area contributed by atoms with E-state index in [9.17, 15) is 15.0 Å². The monoisotopic (exact) mass is 383 g/mol. The maximum atomic E-state index is 11.9. The van der Waals surface area contributed by atoms with Gasteiger partial charge in [0.15, 0.2) is 11.5 Å². The maximum Gasteiger partial charge on any atom is 0.250 e. The summed E-state index contributed by atoms with van der Waals surface area (Å²) in [5.41, 5.74) is 7.71. The second-order valence-corrected chi connectivity index (χ2v) is 7.25. The molecule has 1 fully saturated rings. The molecule has 1 aliphatic heterocycles. The van der Waals surface area contributed by atoms with Gasteiger partial charge in [-0.2, -0.15) is 0 Å². The quantitative estimate of drug-likeness (QED) is 0.595. The summed E-state index contributed by atoms with van der Waals surface area (Å²) in [6, 6.07) is 6.88. The number of aromatic nitrogens is 2. The minimum atomic E-state index is -0.570. The number of benzene rings is 2. The van der Waals surface area contributed by atoms with E-state index in [4.69, 9.17) is 20.2 Å². The Labute approximate surface area is 161 Å². The summed E-state index contributed by atoms with van der Waals surface area (Å²) < 4.78 is 12.6. The molecule has 0 radical (unpaired) electrons. The van der Waals surface area contributed by atoms with Crippen molar-refractivity contribution in [2.24, 2.45) is 5.73 Å². The van der Waals surface area contributed by atoms with Crippen LogP contribution in [-0.2, 0) is 10.3 Å². The van der Waals surface area contributed by atoms with E-state index in [0.29, 0.717) is 41.2 Å². The molecule has 0 spiro atoms.